The van der Waals surface area contributed by atoms with Gasteiger partial charge in [-0.25, -0.2) is 0 Å². The maximum Gasteiger partial charge on any atom is 0.318 e. The van der Waals surface area contributed by atoms with Crippen LogP contribution in [0.5, 0.6) is 5.75 Å². The maximum atomic E-state index is 5.95. The number of benzene rings is 1. The zero-order chi connectivity index (χ0) is 17.2. The number of rotatable bonds is 5. The molecule has 1 aliphatic rings. The molecule has 2 aromatic heterocycles. The summed E-state index contributed by atoms with van der Waals surface area (Å²) < 4.78 is 11.7. The summed E-state index contributed by atoms with van der Waals surface area (Å²) in [6, 6.07) is 8.29. The molecule has 3 aromatic rings. The summed E-state index contributed by atoms with van der Waals surface area (Å²) in [6.45, 7) is 6.32. The predicted molar refractivity (Wildman–Crippen MR) is 93.6 cm³/mol. The summed E-state index contributed by atoms with van der Waals surface area (Å²) in [5, 5.41) is 15.9. The standard InChI is InChI=1S/C18H21N5O2/c1-3-10-24-16-7-5-4-6-13(16)17-21-22-18(25-17)23-9-8-15-14(11-23)12(2)19-20-15/h4-7H,3,8-11H2,1-2H3,(H,19,20). The molecular formula is C18H21N5O2. The van der Waals surface area contributed by atoms with Crippen LogP contribution < -0.4 is 9.64 Å². The largest absolute Gasteiger partial charge is 0.493 e. The first kappa shape index (κ1) is 15.7. The first-order valence-corrected chi connectivity index (χ1v) is 8.59. The van der Waals surface area contributed by atoms with Crippen molar-refractivity contribution in [2.75, 3.05) is 18.1 Å². The van der Waals surface area contributed by atoms with Crippen molar-refractivity contribution >= 4 is 6.01 Å². The summed E-state index contributed by atoms with van der Waals surface area (Å²) in [5.74, 6) is 1.25. The number of hydrogen-bond donors (Lipinski definition) is 1. The van der Waals surface area contributed by atoms with Gasteiger partial charge in [-0.3, -0.25) is 5.10 Å². The van der Waals surface area contributed by atoms with Gasteiger partial charge in [0.05, 0.1) is 24.4 Å². The summed E-state index contributed by atoms with van der Waals surface area (Å²) in [4.78, 5) is 2.09. The number of hydrogen-bond acceptors (Lipinski definition) is 6. The Bertz CT molecular complexity index is 870. The Hall–Kier alpha value is -2.83. The highest BCUT2D eigenvalue weighted by molar-refractivity contribution is 5.62. The van der Waals surface area contributed by atoms with Crippen molar-refractivity contribution in [1.29, 1.82) is 0 Å². The smallest absolute Gasteiger partial charge is 0.318 e. The highest BCUT2D eigenvalue weighted by Crippen LogP contribution is 2.32. The first-order chi connectivity index (χ1) is 12.3. The van der Waals surface area contributed by atoms with Gasteiger partial charge >= 0.3 is 6.01 Å². The maximum absolute atomic E-state index is 5.95. The second-order valence-electron chi connectivity index (χ2n) is 6.18. The van der Waals surface area contributed by atoms with Crippen LogP contribution in [0, 0.1) is 6.92 Å². The lowest BCUT2D eigenvalue weighted by molar-refractivity contribution is 0.318. The van der Waals surface area contributed by atoms with Crippen molar-refractivity contribution in [3.63, 3.8) is 0 Å². The molecule has 0 radical (unpaired) electrons. The molecule has 4 rings (SSSR count). The topological polar surface area (TPSA) is 80.1 Å². The van der Waals surface area contributed by atoms with Crippen LogP contribution >= 0.6 is 0 Å². The van der Waals surface area contributed by atoms with Gasteiger partial charge in [0.2, 0.25) is 0 Å². The molecule has 25 heavy (non-hydrogen) atoms. The van der Waals surface area contributed by atoms with E-state index < -0.39 is 0 Å². The minimum absolute atomic E-state index is 0.483. The zero-order valence-corrected chi connectivity index (χ0v) is 14.5. The molecule has 0 atom stereocenters. The van der Waals surface area contributed by atoms with E-state index in [-0.39, 0.29) is 0 Å². The molecular weight excluding hydrogens is 318 g/mol. The molecule has 0 saturated heterocycles. The number of aromatic nitrogens is 4. The first-order valence-electron chi connectivity index (χ1n) is 8.59. The van der Waals surface area contributed by atoms with Crippen molar-refractivity contribution in [1.82, 2.24) is 20.4 Å². The third kappa shape index (κ3) is 2.97. The molecule has 1 N–H and O–H groups in total. The Morgan fingerprint density at radius 2 is 2.16 bits per heavy atom. The number of nitrogens with zero attached hydrogens (tertiary/aromatic N) is 4. The number of ether oxygens (including phenoxy) is 1. The van der Waals surface area contributed by atoms with Gasteiger partial charge in [-0.2, -0.15) is 5.10 Å². The van der Waals surface area contributed by atoms with E-state index in [1.54, 1.807) is 0 Å². The number of aryl methyl sites for hydroxylation is 1. The van der Waals surface area contributed by atoms with Gasteiger partial charge in [-0.1, -0.05) is 24.2 Å². The lowest BCUT2D eigenvalue weighted by atomic mass is 10.1. The van der Waals surface area contributed by atoms with E-state index >= 15 is 0 Å². The Balaban J connectivity index is 1.58. The number of fused-ring (bicyclic) bond motifs is 1. The van der Waals surface area contributed by atoms with Crippen LogP contribution in [0.25, 0.3) is 11.5 Å². The van der Waals surface area contributed by atoms with Crippen LogP contribution in [-0.2, 0) is 13.0 Å². The molecule has 3 heterocycles. The van der Waals surface area contributed by atoms with Crippen molar-refractivity contribution in [3.8, 4) is 17.2 Å². The van der Waals surface area contributed by atoms with E-state index in [4.69, 9.17) is 9.15 Å². The third-order valence-corrected chi connectivity index (χ3v) is 4.39. The van der Waals surface area contributed by atoms with Gasteiger partial charge in [0.1, 0.15) is 5.75 Å². The number of aromatic amines is 1. The van der Waals surface area contributed by atoms with Gasteiger partial charge in [0.15, 0.2) is 0 Å². The van der Waals surface area contributed by atoms with Crippen LogP contribution in [0.1, 0.15) is 30.3 Å². The Morgan fingerprint density at radius 1 is 1.28 bits per heavy atom. The van der Waals surface area contributed by atoms with Crippen LogP contribution in [0.2, 0.25) is 0 Å². The fourth-order valence-electron chi connectivity index (χ4n) is 3.03. The van der Waals surface area contributed by atoms with Gasteiger partial charge < -0.3 is 14.1 Å². The third-order valence-electron chi connectivity index (χ3n) is 4.39. The highest BCUT2D eigenvalue weighted by Gasteiger charge is 2.25. The average Bonchev–Trinajstić information content (AvgIpc) is 3.27. The van der Waals surface area contributed by atoms with Gasteiger partial charge in [0, 0.05) is 24.2 Å². The summed E-state index contributed by atoms with van der Waals surface area (Å²) >= 11 is 0. The normalized spacial score (nSPS) is 13.8. The fraction of sp³-hybridized carbons (Fsp3) is 0.389. The number of H-pyrrole nitrogens is 1. The van der Waals surface area contributed by atoms with Crippen LogP contribution in [0.15, 0.2) is 28.7 Å². The molecule has 7 nitrogen and oxygen atoms in total. The van der Waals surface area contributed by atoms with Crippen molar-refractivity contribution < 1.29 is 9.15 Å². The molecule has 0 unspecified atom stereocenters. The van der Waals surface area contributed by atoms with Gasteiger partial charge in [-0.15, -0.1) is 5.10 Å². The number of anilines is 1. The minimum atomic E-state index is 0.483. The van der Waals surface area contributed by atoms with E-state index in [1.165, 1.54) is 5.56 Å². The van der Waals surface area contributed by atoms with Crippen molar-refractivity contribution in [2.45, 2.75) is 33.2 Å². The van der Waals surface area contributed by atoms with E-state index in [0.29, 0.717) is 18.5 Å². The summed E-state index contributed by atoms with van der Waals surface area (Å²) in [7, 11) is 0. The molecule has 0 spiro atoms. The van der Waals surface area contributed by atoms with Crippen molar-refractivity contribution in [2.24, 2.45) is 0 Å². The van der Waals surface area contributed by atoms with E-state index in [0.717, 1.165) is 48.6 Å². The number of para-hydroxylation sites is 1. The zero-order valence-electron chi connectivity index (χ0n) is 14.5. The van der Waals surface area contributed by atoms with E-state index in [2.05, 4.69) is 32.2 Å². The quantitative estimate of drug-likeness (QED) is 0.769. The molecule has 7 heteroatoms. The van der Waals surface area contributed by atoms with Crippen LogP contribution in [-0.4, -0.2) is 33.5 Å². The Morgan fingerprint density at radius 3 is 3.04 bits per heavy atom. The van der Waals surface area contributed by atoms with Gasteiger partial charge in [-0.05, 0) is 25.5 Å². The second kappa shape index (κ2) is 6.58. The summed E-state index contributed by atoms with van der Waals surface area (Å²) in [6.07, 6.45) is 1.82. The van der Waals surface area contributed by atoms with Crippen LogP contribution in [0.3, 0.4) is 0 Å². The lowest BCUT2D eigenvalue weighted by Crippen LogP contribution is -2.30. The average molecular weight is 339 g/mol. The van der Waals surface area contributed by atoms with E-state index in [9.17, 15) is 0 Å². The van der Waals surface area contributed by atoms with Gasteiger partial charge in [0.25, 0.3) is 5.89 Å². The molecule has 0 saturated carbocycles. The molecule has 0 fully saturated rings. The Labute approximate surface area is 146 Å². The summed E-state index contributed by atoms with van der Waals surface area (Å²) in [5.41, 5.74) is 4.27. The lowest BCUT2D eigenvalue weighted by Gasteiger charge is -2.24. The highest BCUT2D eigenvalue weighted by atomic mass is 16.5. The fourth-order valence-corrected chi connectivity index (χ4v) is 3.03. The molecule has 1 aromatic carbocycles. The number of nitrogens with one attached hydrogen (secondary N) is 1. The molecule has 0 bridgehead atoms. The predicted octanol–water partition coefficient (Wildman–Crippen LogP) is 3.12. The molecule has 0 amide bonds. The second-order valence-corrected chi connectivity index (χ2v) is 6.18. The Kier molecular flexibility index (Phi) is 4.13. The minimum Gasteiger partial charge on any atom is -0.493 e. The monoisotopic (exact) mass is 339 g/mol. The SMILES string of the molecule is CCCOc1ccccc1-c1nnc(N2CCc3n[nH]c(C)c3C2)o1. The molecule has 0 aliphatic carbocycles. The molecule has 1 aliphatic heterocycles. The van der Waals surface area contributed by atoms with E-state index in [1.807, 2.05) is 31.2 Å². The van der Waals surface area contributed by atoms with Crippen molar-refractivity contribution in [3.05, 3.63) is 41.2 Å². The molecule has 130 valence electrons. The van der Waals surface area contributed by atoms with Crippen LogP contribution in [0.4, 0.5) is 6.01 Å².